The highest BCUT2D eigenvalue weighted by molar-refractivity contribution is 5.94. The molecule has 1 aliphatic heterocycles. The maximum atomic E-state index is 12.6. The average molecular weight is 356 g/mol. The molecule has 1 aliphatic carbocycles. The molecule has 4 rings (SSSR count). The molecular formula is C18H24N6O2. The average Bonchev–Trinajstić information content (AvgIpc) is 3.39. The number of carbonyl (C=O) groups excluding carboxylic acids is 1. The van der Waals surface area contributed by atoms with E-state index >= 15 is 0 Å². The molecule has 1 fully saturated rings. The third-order valence-corrected chi connectivity index (χ3v) is 5.15. The number of nitrogens with zero attached hydrogens (tertiary/aromatic N) is 4. The number of ether oxygens (including phenoxy) is 1. The number of aromatic nitrogens is 4. The molecule has 0 aromatic carbocycles. The zero-order valence-corrected chi connectivity index (χ0v) is 15.0. The molecular weight excluding hydrogens is 332 g/mol. The summed E-state index contributed by atoms with van der Waals surface area (Å²) >= 11 is 0. The highest BCUT2D eigenvalue weighted by Gasteiger charge is 2.25. The van der Waals surface area contributed by atoms with Gasteiger partial charge in [0.1, 0.15) is 12.1 Å². The van der Waals surface area contributed by atoms with E-state index in [0.29, 0.717) is 24.7 Å². The van der Waals surface area contributed by atoms with E-state index in [1.165, 1.54) is 0 Å². The van der Waals surface area contributed by atoms with E-state index in [2.05, 4.69) is 25.5 Å². The minimum absolute atomic E-state index is 0.0299. The summed E-state index contributed by atoms with van der Waals surface area (Å²) in [5, 5.41) is 10.5. The number of likely N-dealkylation sites (N-methyl/N-ethyl adjacent to an activating group) is 1. The van der Waals surface area contributed by atoms with Crippen LogP contribution in [-0.2, 0) is 17.6 Å². The lowest BCUT2D eigenvalue weighted by Gasteiger charge is -2.17. The fraction of sp³-hybridized carbons (Fsp3) is 0.556. The molecule has 2 aromatic heterocycles. The first-order valence-corrected chi connectivity index (χ1v) is 9.17. The SMILES string of the molecule is CN(CCNc1cc([C@H]2CCOC2)ncn1)C(=O)c1n[nH]c2c1CCC2. The summed E-state index contributed by atoms with van der Waals surface area (Å²) < 4.78 is 5.42. The first kappa shape index (κ1) is 17.0. The quantitative estimate of drug-likeness (QED) is 0.812. The summed E-state index contributed by atoms with van der Waals surface area (Å²) in [5.41, 5.74) is 3.79. The van der Waals surface area contributed by atoms with Gasteiger partial charge < -0.3 is 15.0 Å². The molecule has 2 aromatic rings. The van der Waals surface area contributed by atoms with Crippen LogP contribution < -0.4 is 5.32 Å². The summed E-state index contributed by atoms with van der Waals surface area (Å²) in [5.74, 6) is 1.10. The lowest BCUT2D eigenvalue weighted by Crippen LogP contribution is -2.32. The maximum Gasteiger partial charge on any atom is 0.274 e. The predicted molar refractivity (Wildman–Crippen MR) is 96.3 cm³/mol. The smallest absolute Gasteiger partial charge is 0.274 e. The fourth-order valence-electron chi connectivity index (χ4n) is 3.59. The van der Waals surface area contributed by atoms with Crippen LogP contribution in [0.4, 0.5) is 5.82 Å². The number of anilines is 1. The number of amides is 1. The van der Waals surface area contributed by atoms with Crippen LogP contribution in [0.3, 0.4) is 0 Å². The zero-order valence-electron chi connectivity index (χ0n) is 15.0. The van der Waals surface area contributed by atoms with E-state index in [-0.39, 0.29) is 5.91 Å². The normalized spacial score (nSPS) is 18.7. The summed E-state index contributed by atoms with van der Waals surface area (Å²) in [6.45, 7) is 2.71. The predicted octanol–water partition coefficient (Wildman–Crippen LogP) is 1.38. The third kappa shape index (κ3) is 3.41. The fourth-order valence-corrected chi connectivity index (χ4v) is 3.59. The summed E-state index contributed by atoms with van der Waals surface area (Å²) in [6.07, 6.45) is 5.60. The van der Waals surface area contributed by atoms with Crippen LogP contribution in [0.25, 0.3) is 0 Å². The van der Waals surface area contributed by atoms with E-state index in [1.807, 2.05) is 6.07 Å². The van der Waals surface area contributed by atoms with Gasteiger partial charge in [0.2, 0.25) is 0 Å². The second kappa shape index (κ2) is 7.41. The molecule has 138 valence electrons. The van der Waals surface area contributed by atoms with Crippen molar-refractivity contribution in [3.63, 3.8) is 0 Å². The minimum atomic E-state index is -0.0299. The summed E-state index contributed by atoms with van der Waals surface area (Å²) in [7, 11) is 1.81. The lowest BCUT2D eigenvalue weighted by atomic mass is 10.1. The number of rotatable bonds is 6. The molecule has 8 nitrogen and oxygen atoms in total. The van der Waals surface area contributed by atoms with Gasteiger partial charge in [0.25, 0.3) is 5.91 Å². The lowest BCUT2D eigenvalue weighted by molar-refractivity contribution is 0.0793. The second-order valence-electron chi connectivity index (χ2n) is 6.92. The molecule has 3 heterocycles. The molecule has 1 atom stereocenters. The molecule has 2 aliphatic rings. The van der Waals surface area contributed by atoms with Crippen molar-refractivity contribution >= 4 is 11.7 Å². The van der Waals surface area contributed by atoms with Crippen LogP contribution in [0.5, 0.6) is 0 Å². The molecule has 26 heavy (non-hydrogen) atoms. The van der Waals surface area contributed by atoms with Crippen LogP contribution in [0.2, 0.25) is 0 Å². The molecule has 1 saturated heterocycles. The number of aromatic amines is 1. The molecule has 8 heteroatoms. The standard InChI is InChI=1S/C18H24N6O2/c1-24(18(25)17-13-3-2-4-14(13)22-23-17)7-6-19-16-9-15(20-11-21-16)12-5-8-26-10-12/h9,11-12H,2-8,10H2,1H3,(H,22,23)(H,19,20,21)/t12-/m0/s1. The molecule has 0 spiro atoms. The van der Waals surface area contributed by atoms with Crippen LogP contribution in [0.1, 0.15) is 46.2 Å². The van der Waals surface area contributed by atoms with Gasteiger partial charge in [-0.1, -0.05) is 0 Å². The Balaban J connectivity index is 1.31. The summed E-state index contributed by atoms with van der Waals surface area (Å²) in [6, 6.07) is 1.97. The van der Waals surface area contributed by atoms with Crippen molar-refractivity contribution in [2.75, 3.05) is 38.7 Å². The first-order valence-electron chi connectivity index (χ1n) is 9.17. The Morgan fingerprint density at radius 2 is 2.35 bits per heavy atom. The van der Waals surface area contributed by atoms with Gasteiger partial charge in [-0.3, -0.25) is 9.89 Å². The van der Waals surface area contributed by atoms with Gasteiger partial charge in [-0.2, -0.15) is 5.10 Å². The van der Waals surface area contributed by atoms with E-state index in [1.54, 1.807) is 18.3 Å². The Kier molecular flexibility index (Phi) is 4.83. The van der Waals surface area contributed by atoms with Crippen LogP contribution in [0.15, 0.2) is 12.4 Å². The van der Waals surface area contributed by atoms with Gasteiger partial charge in [0, 0.05) is 50.0 Å². The number of hydrogen-bond donors (Lipinski definition) is 2. The number of aryl methyl sites for hydroxylation is 1. The van der Waals surface area contributed by atoms with Gasteiger partial charge in [0.15, 0.2) is 5.69 Å². The molecule has 0 radical (unpaired) electrons. The topological polar surface area (TPSA) is 96.0 Å². The Bertz CT molecular complexity index is 784. The van der Waals surface area contributed by atoms with E-state index in [0.717, 1.165) is 61.7 Å². The van der Waals surface area contributed by atoms with Crippen molar-refractivity contribution < 1.29 is 9.53 Å². The van der Waals surface area contributed by atoms with E-state index in [9.17, 15) is 4.79 Å². The highest BCUT2D eigenvalue weighted by atomic mass is 16.5. The Morgan fingerprint density at radius 1 is 1.42 bits per heavy atom. The number of nitrogens with one attached hydrogen (secondary N) is 2. The Labute approximate surface area is 152 Å². The van der Waals surface area contributed by atoms with Crippen molar-refractivity contribution in [3.05, 3.63) is 35.0 Å². The van der Waals surface area contributed by atoms with Gasteiger partial charge in [-0.25, -0.2) is 9.97 Å². The van der Waals surface area contributed by atoms with Gasteiger partial charge in [-0.05, 0) is 25.7 Å². The van der Waals surface area contributed by atoms with Crippen LogP contribution >= 0.6 is 0 Å². The van der Waals surface area contributed by atoms with E-state index in [4.69, 9.17) is 4.74 Å². The second-order valence-corrected chi connectivity index (χ2v) is 6.92. The van der Waals surface area contributed by atoms with Gasteiger partial charge in [-0.15, -0.1) is 0 Å². The largest absolute Gasteiger partial charge is 0.381 e. The van der Waals surface area contributed by atoms with Crippen molar-refractivity contribution in [3.8, 4) is 0 Å². The molecule has 1 amide bonds. The first-order chi connectivity index (χ1) is 12.7. The Morgan fingerprint density at radius 3 is 3.19 bits per heavy atom. The highest BCUT2D eigenvalue weighted by Crippen LogP contribution is 2.25. The van der Waals surface area contributed by atoms with Crippen molar-refractivity contribution in [1.82, 2.24) is 25.1 Å². The molecule has 2 N–H and O–H groups in total. The Hall–Kier alpha value is -2.48. The van der Waals surface area contributed by atoms with E-state index < -0.39 is 0 Å². The molecule has 0 saturated carbocycles. The van der Waals surface area contributed by atoms with Crippen molar-refractivity contribution in [2.45, 2.75) is 31.6 Å². The number of hydrogen-bond acceptors (Lipinski definition) is 6. The minimum Gasteiger partial charge on any atom is -0.381 e. The maximum absolute atomic E-state index is 12.6. The van der Waals surface area contributed by atoms with Crippen LogP contribution in [0, 0.1) is 0 Å². The van der Waals surface area contributed by atoms with Crippen molar-refractivity contribution in [1.29, 1.82) is 0 Å². The number of H-pyrrole nitrogens is 1. The molecule has 0 unspecified atom stereocenters. The van der Waals surface area contributed by atoms with Crippen molar-refractivity contribution in [2.24, 2.45) is 0 Å². The van der Waals surface area contributed by atoms with Gasteiger partial charge in [0.05, 0.1) is 12.3 Å². The van der Waals surface area contributed by atoms with Gasteiger partial charge >= 0.3 is 0 Å². The monoisotopic (exact) mass is 356 g/mol. The van der Waals surface area contributed by atoms with Crippen LogP contribution in [-0.4, -0.2) is 64.3 Å². The number of carbonyl (C=O) groups is 1. The zero-order chi connectivity index (χ0) is 17.9. The molecule has 0 bridgehead atoms. The third-order valence-electron chi connectivity index (χ3n) is 5.15. The number of fused-ring (bicyclic) bond motifs is 1. The summed E-state index contributed by atoms with van der Waals surface area (Å²) in [4.78, 5) is 22.9.